The third-order valence-electron chi connectivity index (χ3n) is 3.76. The Balaban J connectivity index is 0.00000144. The first-order valence-corrected chi connectivity index (χ1v) is 6.30. The van der Waals surface area contributed by atoms with Crippen LogP contribution in [-0.2, 0) is 9.53 Å². The summed E-state index contributed by atoms with van der Waals surface area (Å²) >= 11 is 0. The van der Waals surface area contributed by atoms with Crippen molar-refractivity contribution in [1.29, 1.82) is 0 Å². The van der Waals surface area contributed by atoms with Crippen LogP contribution in [0.2, 0.25) is 0 Å². The third kappa shape index (κ3) is 3.57. The molecular formula is C12H23ClN2O2. The fraction of sp³-hybridized carbons (Fsp3) is 0.917. The van der Waals surface area contributed by atoms with Gasteiger partial charge < -0.3 is 15.4 Å². The molecule has 5 heteroatoms. The molecule has 2 aliphatic rings. The van der Waals surface area contributed by atoms with Crippen LogP contribution in [0.4, 0.5) is 0 Å². The first-order chi connectivity index (χ1) is 7.68. The van der Waals surface area contributed by atoms with Crippen molar-refractivity contribution in [2.24, 2.45) is 11.7 Å². The predicted octanol–water partition coefficient (Wildman–Crippen LogP) is 1.17. The van der Waals surface area contributed by atoms with Crippen LogP contribution in [0.25, 0.3) is 0 Å². The zero-order valence-electron chi connectivity index (χ0n) is 10.4. The van der Waals surface area contributed by atoms with Crippen molar-refractivity contribution in [2.75, 3.05) is 20.2 Å². The van der Waals surface area contributed by atoms with Crippen molar-refractivity contribution in [3.8, 4) is 0 Å². The van der Waals surface area contributed by atoms with Gasteiger partial charge in [0.1, 0.15) is 0 Å². The van der Waals surface area contributed by atoms with E-state index in [-0.39, 0.29) is 36.4 Å². The quantitative estimate of drug-likeness (QED) is 0.831. The van der Waals surface area contributed by atoms with Gasteiger partial charge in [-0.1, -0.05) is 6.42 Å². The summed E-state index contributed by atoms with van der Waals surface area (Å²) in [6, 6.07) is 0.0689. The average Bonchev–Trinajstić information content (AvgIpc) is 2.88. The zero-order valence-corrected chi connectivity index (χ0v) is 11.2. The molecule has 3 unspecified atom stereocenters. The monoisotopic (exact) mass is 262 g/mol. The fourth-order valence-corrected chi connectivity index (χ4v) is 2.76. The van der Waals surface area contributed by atoms with Crippen LogP contribution >= 0.6 is 12.4 Å². The lowest BCUT2D eigenvalue weighted by atomic mass is 10.0. The topological polar surface area (TPSA) is 55.6 Å². The molecule has 0 aromatic heterocycles. The van der Waals surface area contributed by atoms with Gasteiger partial charge in [0.05, 0.1) is 12.0 Å². The number of ether oxygens (including phenoxy) is 1. The maximum absolute atomic E-state index is 12.1. The Hall–Kier alpha value is -0.320. The molecule has 0 aromatic carbocycles. The standard InChI is InChI=1S/C12H22N2O2.ClH/c1-14(8-9-4-3-7-16-9)12(15)10-5-2-6-11(10)13;/h9-11H,2-8,13H2,1H3;1H. The minimum atomic E-state index is 0. The van der Waals surface area contributed by atoms with E-state index in [9.17, 15) is 4.79 Å². The van der Waals surface area contributed by atoms with Gasteiger partial charge in [0.15, 0.2) is 0 Å². The third-order valence-corrected chi connectivity index (χ3v) is 3.76. The SMILES string of the molecule is CN(CC1CCCO1)C(=O)C1CCCC1N.Cl. The van der Waals surface area contributed by atoms with E-state index >= 15 is 0 Å². The highest BCUT2D eigenvalue weighted by atomic mass is 35.5. The molecular weight excluding hydrogens is 240 g/mol. The van der Waals surface area contributed by atoms with E-state index in [2.05, 4.69) is 0 Å². The van der Waals surface area contributed by atoms with E-state index in [4.69, 9.17) is 10.5 Å². The van der Waals surface area contributed by atoms with Crippen molar-refractivity contribution >= 4 is 18.3 Å². The molecule has 0 bridgehead atoms. The highest BCUT2D eigenvalue weighted by Gasteiger charge is 2.33. The van der Waals surface area contributed by atoms with Crippen LogP contribution in [0.1, 0.15) is 32.1 Å². The van der Waals surface area contributed by atoms with Gasteiger partial charge in [-0.15, -0.1) is 12.4 Å². The van der Waals surface area contributed by atoms with Crippen molar-refractivity contribution in [3.05, 3.63) is 0 Å². The lowest BCUT2D eigenvalue weighted by Gasteiger charge is -2.25. The molecule has 2 fully saturated rings. The smallest absolute Gasteiger partial charge is 0.227 e. The molecule has 0 spiro atoms. The summed E-state index contributed by atoms with van der Waals surface area (Å²) in [5, 5.41) is 0. The zero-order chi connectivity index (χ0) is 11.5. The Bertz CT molecular complexity index is 257. The largest absolute Gasteiger partial charge is 0.376 e. The molecule has 4 nitrogen and oxygen atoms in total. The lowest BCUT2D eigenvalue weighted by Crippen LogP contribution is -2.42. The summed E-state index contributed by atoms with van der Waals surface area (Å²) in [5.41, 5.74) is 5.95. The van der Waals surface area contributed by atoms with E-state index in [1.54, 1.807) is 0 Å². The van der Waals surface area contributed by atoms with Crippen LogP contribution in [0.15, 0.2) is 0 Å². The van der Waals surface area contributed by atoms with Crippen LogP contribution in [0.3, 0.4) is 0 Å². The second-order valence-corrected chi connectivity index (χ2v) is 5.06. The van der Waals surface area contributed by atoms with Gasteiger partial charge in [0, 0.05) is 26.2 Å². The molecule has 2 N–H and O–H groups in total. The minimum absolute atomic E-state index is 0. The summed E-state index contributed by atoms with van der Waals surface area (Å²) < 4.78 is 5.54. The first-order valence-electron chi connectivity index (χ1n) is 6.30. The average molecular weight is 263 g/mol. The van der Waals surface area contributed by atoms with E-state index in [0.717, 1.165) is 45.3 Å². The second kappa shape index (κ2) is 6.57. The molecule has 1 amide bonds. The van der Waals surface area contributed by atoms with E-state index in [1.165, 1.54) is 0 Å². The van der Waals surface area contributed by atoms with Crippen LogP contribution < -0.4 is 5.73 Å². The number of nitrogens with two attached hydrogens (primary N) is 1. The number of hydrogen-bond acceptors (Lipinski definition) is 3. The van der Waals surface area contributed by atoms with Gasteiger partial charge in [0.2, 0.25) is 5.91 Å². The Morgan fingerprint density at radius 1 is 1.35 bits per heavy atom. The number of nitrogens with zero attached hydrogens (tertiary/aromatic N) is 1. The van der Waals surface area contributed by atoms with Gasteiger partial charge in [0.25, 0.3) is 0 Å². The molecule has 1 heterocycles. The van der Waals surface area contributed by atoms with Crippen molar-refractivity contribution < 1.29 is 9.53 Å². The van der Waals surface area contributed by atoms with E-state index in [0.29, 0.717) is 0 Å². The Labute approximate surface area is 109 Å². The van der Waals surface area contributed by atoms with Gasteiger partial charge in [-0.2, -0.15) is 0 Å². The molecule has 2 rings (SSSR count). The Morgan fingerprint density at radius 2 is 2.12 bits per heavy atom. The highest BCUT2D eigenvalue weighted by Crippen LogP contribution is 2.26. The Kier molecular flexibility index (Phi) is 5.70. The normalized spacial score (nSPS) is 32.2. The van der Waals surface area contributed by atoms with Crippen molar-refractivity contribution in [3.63, 3.8) is 0 Å². The lowest BCUT2D eigenvalue weighted by molar-refractivity contribution is -0.135. The first kappa shape index (κ1) is 14.7. The number of carbonyl (C=O) groups excluding carboxylic acids is 1. The molecule has 1 saturated heterocycles. The van der Waals surface area contributed by atoms with Gasteiger partial charge >= 0.3 is 0 Å². The van der Waals surface area contributed by atoms with E-state index < -0.39 is 0 Å². The molecule has 1 aliphatic heterocycles. The second-order valence-electron chi connectivity index (χ2n) is 5.06. The van der Waals surface area contributed by atoms with Crippen molar-refractivity contribution in [1.82, 2.24) is 4.90 Å². The van der Waals surface area contributed by atoms with Crippen LogP contribution in [0.5, 0.6) is 0 Å². The number of rotatable bonds is 3. The van der Waals surface area contributed by atoms with Crippen LogP contribution in [-0.4, -0.2) is 43.2 Å². The molecule has 17 heavy (non-hydrogen) atoms. The summed E-state index contributed by atoms with van der Waals surface area (Å²) in [6.07, 6.45) is 5.47. The summed E-state index contributed by atoms with van der Waals surface area (Å²) in [5.74, 6) is 0.256. The highest BCUT2D eigenvalue weighted by molar-refractivity contribution is 5.85. The Morgan fingerprint density at radius 3 is 2.65 bits per heavy atom. The summed E-state index contributed by atoms with van der Waals surface area (Å²) in [7, 11) is 1.87. The number of amides is 1. The van der Waals surface area contributed by atoms with Crippen molar-refractivity contribution in [2.45, 2.75) is 44.2 Å². The molecule has 0 aromatic rings. The minimum Gasteiger partial charge on any atom is -0.376 e. The molecule has 1 saturated carbocycles. The molecule has 3 atom stereocenters. The number of likely N-dealkylation sites (N-methyl/N-ethyl adjacent to an activating group) is 1. The van der Waals surface area contributed by atoms with Gasteiger partial charge in [-0.3, -0.25) is 4.79 Å². The molecule has 100 valence electrons. The van der Waals surface area contributed by atoms with E-state index in [1.807, 2.05) is 11.9 Å². The fourth-order valence-electron chi connectivity index (χ4n) is 2.76. The summed E-state index contributed by atoms with van der Waals surface area (Å²) in [6.45, 7) is 1.57. The predicted molar refractivity (Wildman–Crippen MR) is 69.2 cm³/mol. The number of halogens is 1. The van der Waals surface area contributed by atoms with Gasteiger partial charge in [-0.05, 0) is 25.7 Å². The molecule has 0 radical (unpaired) electrons. The molecule has 1 aliphatic carbocycles. The van der Waals surface area contributed by atoms with Crippen LogP contribution in [0, 0.1) is 5.92 Å². The van der Waals surface area contributed by atoms with Gasteiger partial charge in [-0.25, -0.2) is 0 Å². The summed E-state index contributed by atoms with van der Waals surface area (Å²) in [4.78, 5) is 13.9. The maximum atomic E-state index is 12.1. The number of hydrogen-bond donors (Lipinski definition) is 1. The maximum Gasteiger partial charge on any atom is 0.227 e. The number of carbonyl (C=O) groups is 1.